The van der Waals surface area contributed by atoms with Gasteiger partial charge in [0.05, 0.1) is 6.61 Å². The molecule has 1 saturated heterocycles. The summed E-state index contributed by atoms with van der Waals surface area (Å²) < 4.78 is 11.1. The van der Waals surface area contributed by atoms with E-state index in [4.69, 9.17) is 9.26 Å². The minimum absolute atomic E-state index is 0.429. The SMILES string of the molecule is c1cc2c(cc1CCN1CCCC(c3noc(C4CC4)n3)C1)CCO2. The van der Waals surface area contributed by atoms with E-state index in [1.54, 1.807) is 0 Å². The van der Waals surface area contributed by atoms with Crippen LogP contribution < -0.4 is 4.74 Å². The molecule has 2 aromatic rings. The lowest BCUT2D eigenvalue weighted by atomic mass is 9.97. The summed E-state index contributed by atoms with van der Waals surface area (Å²) in [5.74, 6) is 3.85. The summed E-state index contributed by atoms with van der Waals surface area (Å²) in [6.07, 6.45) is 6.97. The largest absolute Gasteiger partial charge is 0.493 e. The molecule has 1 saturated carbocycles. The Balaban J connectivity index is 1.19. The summed E-state index contributed by atoms with van der Waals surface area (Å²) in [7, 11) is 0. The summed E-state index contributed by atoms with van der Waals surface area (Å²) >= 11 is 0. The third kappa shape index (κ3) is 3.30. The van der Waals surface area contributed by atoms with Gasteiger partial charge in [-0.3, -0.25) is 0 Å². The molecule has 5 nitrogen and oxygen atoms in total. The zero-order valence-corrected chi connectivity index (χ0v) is 14.6. The number of hydrogen-bond acceptors (Lipinski definition) is 5. The maximum Gasteiger partial charge on any atom is 0.229 e. The minimum Gasteiger partial charge on any atom is -0.493 e. The van der Waals surface area contributed by atoms with Gasteiger partial charge in [-0.25, -0.2) is 0 Å². The van der Waals surface area contributed by atoms with Crippen LogP contribution in [0.25, 0.3) is 0 Å². The lowest BCUT2D eigenvalue weighted by Gasteiger charge is -2.31. The Hall–Kier alpha value is -1.88. The van der Waals surface area contributed by atoms with Gasteiger partial charge in [0, 0.05) is 31.3 Å². The normalized spacial score (nSPS) is 23.4. The average molecular weight is 339 g/mol. The summed E-state index contributed by atoms with van der Waals surface area (Å²) in [6.45, 7) is 4.17. The number of rotatable bonds is 5. The molecule has 0 amide bonds. The van der Waals surface area contributed by atoms with E-state index in [0.717, 1.165) is 50.0 Å². The molecule has 25 heavy (non-hydrogen) atoms. The van der Waals surface area contributed by atoms with E-state index in [2.05, 4.69) is 33.2 Å². The fourth-order valence-corrected chi connectivity index (χ4v) is 4.06. The Bertz CT molecular complexity index is 753. The first-order valence-corrected chi connectivity index (χ1v) is 9.65. The van der Waals surface area contributed by atoms with E-state index in [1.165, 1.54) is 43.4 Å². The van der Waals surface area contributed by atoms with Crippen molar-refractivity contribution in [3.63, 3.8) is 0 Å². The van der Waals surface area contributed by atoms with Crippen LogP contribution >= 0.6 is 0 Å². The highest BCUT2D eigenvalue weighted by Gasteiger charge is 2.32. The molecule has 0 radical (unpaired) electrons. The highest BCUT2D eigenvalue weighted by Crippen LogP contribution is 2.39. The number of fused-ring (bicyclic) bond motifs is 1. The molecule has 5 rings (SSSR count). The minimum atomic E-state index is 0.429. The zero-order valence-electron chi connectivity index (χ0n) is 14.6. The maximum atomic E-state index is 5.60. The van der Waals surface area contributed by atoms with Crippen molar-refractivity contribution in [3.05, 3.63) is 41.0 Å². The Kier molecular flexibility index (Phi) is 3.97. The number of benzene rings is 1. The molecular formula is C20H25N3O2. The van der Waals surface area contributed by atoms with E-state index < -0.39 is 0 Å². The van der Waals surface area contributed by atoms with Gasteiger partial charge in [0.25, 0.3) is 0 Å². The second-order valence-corrected chi connectivity index (χ2v) is 7.70. The van der Waals surface area contributed by atoms with Crippen molar-refractivity contribution in [2.24, 2.45) is 0 Å². The molecule has 2 fully saturated rings. The van der Waals surface area contributed by atoms with Crippen molar-refractivity contribution in [3.8, 4) is 5.75 Å². The molecule has 1 aromatic heterocycles. The van der Waals surface area contributed by atoms with Gasteiger partial charge in [-0.2, -0.15) is 4.98 Å². The summed E-state index contributed by atoms with van der Waals surface area (Å²) in [4.78, 5) is 7.23. The smallest absolute Gasteiger partial charge is 0.229 e. The van der Waals surface area contributed by atoms with Crippen LogP contribution in [0.1, 0.15) is 60.4 Å². The molecule has 1 atom stereocenters. The van der Waals surface area contributed by atoms with Gasteiger partial charge in [-0.15, -0.1) is 0 Å². The summed E-state index contributed by atoms with van der Waals surface area (Å²) in [5, 5.41) is 4.27. The van der Waals surface area contributed by atoms with Gasteiger partial charge >= 0.3 is 0 Å². The molecule has 1 aliphatic carbocycles. The number of aromatic nitrogens is 2. The zero-order chi connectivity index (χ0) is 16.6. The quantitative estimate of drug-likeness (QED) is 0.836. The van der Waals surface area contributed by atoms with Crippen molar-refractivity contribution >= 4 is 0 Å². The monoisotopic (exact) mass is 339 g/mol. The Morgan fingerprint density at radius 2 is 2.12 bits per heavy atom. The lowest BCUT2D eigenvalue weighted by Crippen LogP contribution is -2.36. The number of piperidine rings is 1. The Labute approximate surface area is 148 Å². The molecule has 0 N–H and O–H groups in total. The van der Waals surface area contributed by atoms with Crippen LogP contribution in [0.15, 0.2) is 22.7 Å². The van der Waals surface area contributed by atoms with Crippen LogP contribution in [0, 0.1) is 0 Å². The first kappa shape index (κ1) is 15.4. The van der Waals surface area contributed by atoms with Crippen LogP contribution in [0.5, 0.6) is 5.75 Å². The van der Waals surface area contributed by atoms with Gasteiger partial charge in [-0.05, 0) is 55.8 Å². The third-order valence-corrected chi connectivity index (χ3v) is 5.73. The highest BCUT2D eigenvalue weighted by molar-refractivity contribution is 5.39. The molecule has 132 valence electrons. The predicted molar refractivity (Wildman–Crippen MR) is 94.0 cm³/mol. The third-order valence-electron chi connectivity index (χ3n) is 5.73. The molecule has 0 spiro atoms. The summed E-state index contributed by atoms with van der Waals surface area (Å²) in [5.41, 5.74) is 2.79. The van der Waals surface area contributed by atoms with E-state index in [1.807, 2.05) is 0 Å². The maximum absolute atomic E-state index is 5.60. The molecule has 0 bridgehead atoms. The van der Waals surface area contributed by atoms with Gasteiger partial charge in [0.2, 0.25) is 5.89 Å². The van der Waals surface area contributed by atoms with Crippen molar-refractivity contribution in [1.29, 1.82) is 0 Å². The van der Waals surface area contributed by atoms with E-state index in [0.29, 0.717) is 11.8 Å². The van der Waals surface area contributed by atoms with Crippen LogP contribution in [0.3, 0.4) is 0 Å². The van der Waals surface area contributed by atoms with Gasteiger partial charge in [-0.1, -0.05) is 17.3 Å². The molecule has 2 aliphatic heterocycles. The lowest BCUT2D eigenvalue weighted by molar-refractivity contribution is 0.204. The van der Waals surface area contributed by atoms with E-state index in [-0.39, 0.29) is 0 Å². The second kappa shape index (κ2) is 6.45. The van der Waals surface area contributed by atoms with Gasteiger partial charge in [0.15, 0.2) is 5.82 Å². The first-order valence-electron chi connectivity index (χ1n) is 9.65. The molecule has 5 heteroatoms. The molecular weight excluding hydrogens is 314 g/mol. The summed E-state index contributed by atoms with van der Waals surface area (Å²) in [6, 6.07) is 6.67. The van der Waals surface area contributed by atoms with Crippen molar-refractivity contribution < 1.29 is 9.26 Å². The Morgan fingerprint density at radius 1 is 1.16 bits per heavy atom. The number of nitrogens with zero attached hydrogens (tertiary/aromatic N) is 3. The van der Waals surface area contributed by atoms with Crippen LogP contribution in [-0.2, 0) is 12.8 Å². The fourth-order valence-electron chi connectivity index (χ4n) is 4.06. The van der Waals surface area contributed by atoms with Crippen molar-refractivity contribution in [2.75, 3.05) is 26.2 Å². The first-order chi connectivity index (χ1) is 12.3. The average Bonchev–Trinajstić information content (AvgIpc) is 3.20. The second-order valence-electron chi connectivity index (χ2n) is 7.70. The van der Waals surface area contributed by atoms with Gasteiger partial charge < -0.3 is 14.2 Å². The van der Waals surface area contributed by atoms with E-state index in [9.17, 15) is 0 Å². The predicted octanol–water partition coefficient (Wildman–Crippen LogP) is 3.30. The van der Waals surface area contributed by atoms with Crippen LogP contribution in [-0.4, -0.2) is 41.3 Å². The van der Waals surface area contributed by atoms with E-state index >= 15 is 0 Å². The Morgan fingerprint density at radius 3 is 3.04 bits per heavy atom. The van der Waals surface area contributed by atoms with Gasteiger partial charge in [0.1, 0.15) is 5.75 Å². The number of ether oxygens (including phenoxy) is 1. The molecule has 1 unspecified atom stereocenters. The molecule has 3 heterocycles. The number of likely N-dealkylation sites (tertiary alicyclic amines) is 1. The fraction of sp³-hybridized carbons (Fsp3) is 0.600. The van der Waals surface area contributed by atoms with Crippen molar-refractivity contribution in [2.45, 2.75) is 50.4 Å². The standard InChI is InChI=1S/C20H25N3O2/c1-2-17(19-21-20(25-22-19)15-4-5-15)13-23(9-1)10-7-14-3-6-18-16(12-14)8-11-24-18/h3,6,12,15,17H,1-2,4-5,7-11,13H2. The molecule has 1 aromatic carbocycles. The van der Waals surface area contributed by atoms with Crippen LogP contribution in [0.4, 0.5) is 0 Å². The van der Waals surface area contributed by atoms with Crippen LogP contribution in [0.2, 0.25) is 0 Å². The highest BCUT2D eigenvalue weighted by atomic mass is 16.5. The van der Waals surface area contributed by atoms with Crippen molar-refractivity contribution in [1.82, 2.24) is 15.0 Å². The molecule has 3 aliphatic rings. The number of hydrogen-bond donors (Lipinski definition) is 0. The topological polar surface area (TPSA) is 51.4 Å².